The summed E-state index contributed by atoms with van der Waals surface area (Å²) in [5.74, 6) is -5.47. The molecule has 4 atom stereocenters. The largest absolute Gasteiger partial charge is 0.480 e. The third kappa shape index (κ3) is 9.77. The number of carbonyl (C=O) groups excluding carboxylic acids is 5. The maximum Gasteiger partial charge on any atom is 0.326 e. The average Bonchev–Trinajstić information content (AvgIpc) is 3.23. The van der Waals surface area contributed by atoms with Gasteiger partial charge in [-0.3, -0.25) is 24.0 Å². The number of carboxylic acid groups (broad SMARTS) is 1. The first kappa shape index (κ1) is 27.0. The lowest BCUT2D eigenvalue weighted by atomic mass is 10.1. The smallest absolute Gasteiger partial charge is 0.326 e. The molecule has 15 nitrogen and oxygen atoms in total. The molecule has 0 saturated carbocycles. The van der Waals surface area contributed by atoms with E-state index in [2.05, 4.69) is 25.9 Å². The number of amides is 5. The van der Waals surface area contributed by atoms with Crippen LogP contribution < -0.4 is 33.2 Å². The lowest BCUT2D eigenvalue weighted by Crippen LogP contribution is -2.57. The molecule has 11 N–H and O–H groups in total. The van der Waals surface area contributed by atoms with Crippen molar-refractivity contribution in [2.24, 2.45) is 17.2 Å². The number of primary amides is 2. The molecule has 0 aliphatic heterocycles. The van der Waals surface area contributed by atoms with Crippen LogP contribution in [0.3, 0.4) is 0 Å². The molecular formula is C18H28N8O7. The summed E-state index contributed by atoms with van der Waals surface area (Å²) in [6, 6.07) is -5.16. The van der Waals surface area contributed by atoms with Crippen molar-refractivity contribution in [3.8, 4) is 0 Å². The van der Waals surface area contributed by atoms with E-state index < -0.39 is 66.1 Å². The van der Waals surface area contributed by atoms with Crippen LogP contribution in [-0.4, -0.2) is 74.7 Å². The van der Waals surface area contributed by atoms with Gasteiger partial charge >= 0.3 is 5.97 Å². The second-order valence-corrected chi connectivity index (χ2v) is 7.25. The van der Waals surface area contributed by atoms with E-state index in [0.717, 1.165) is 0 Å². The highest BCUT2D eigenvalue weighted by Gasteiger charge is 2.29. The number of aliphatic carboxylic acids is 1. The molecule has 15 heteroatoms. The summed E-state index contributed by atoms with van der Waals surface area (Å²) in [5.41, 5.74) is 16.2. The summed E-state index contributed by atoms with van der Waals surface area (Å²) in [7, 11) is 0. The number of imidazole rings is 1. The number of aromatic amines is 1. The fourth-order valence-corrected chi connectivity index (χ4v) is 2.61. The van der Waals surface area contributed by atoms with Crippen molar-refractivity contribution < 1.29 is 33.9 Å². The van der Waals surface area contributed by atoms with Gasteiger partial charge in [0.1, 0.15) is 18.1 Å². The van der Waals surface area contributed by atoms with Gasteiger partial charge in [-0.05, 0) is 13.3 Å². The van der Waals surface area contributed by atoms with Crippen molar-refractivity contribution in [2.75, 3.05) is 0 Å². The highest BCUT2D eigenvalue weighted by Crippen LogP contribution is 2.01. The van der Waals surface area contributed by atoms with Crippen LogP contribution in [0, 0.1) is 0 Å². The first-order valence-corrected chi connectivity index (χ1v) is 9.84. The summed E-state index contributed by atoms with van der Waals surface area (Å²) in [6.45, 7) is 1.28. The predicted octanol–water partition coefficient (Wildman–Crippen LogP) is -4.02. The Morgan fingerprint density at radius 1 is 1.00 bits per heavy atom. The van der Waals surface area contributed by atoms with E-state index in [9.17, 15) is 33.9 Å². The highest BCUT2D eigenvalue weighted by atomic mass is 16.4. The predicted molar refractivity (Wildman–Crippen MR) is 112 cm³/mol. The number of carboxylic acids is 1. The van der Waals surface area contributed by atoms with Crippen LogP contribution in [0.15, 0.2) is 12.5 Å². The van der Waals surface area contributed by atoms with Gasteiger partial charge in [-0.2, -0.15) is 0 Å². The Bertz CT molecular complexity index is 873. The van der Waals surface area contributed by atoms with Crippen LogP contribution >= 0.6 is 0 Å². The van der Waals surface area contributed by atoms with Crippen molar-refractivity contribution in [1.82, 2.24) is 25.9 Å². The molecule has 1 aromatic heterocycles. The Hall–Kier alpha value is -4.01. The lowest BCUT2D eigenvalue weighted by molar-refractivity contribution is -0.142. The molecular weight excluding hydrogens is 440 g/mol. The summed E-state index contributed by atoms with van der Waals surface area (Å²) in [5, 5.41) is 16.1. The molecule has 33 heavy (non-hydrogen) atoms. The number of hydrogen-bond donors (Lipinski definition) is 8. The molecule has 0 fully saturated rings. The molecule has 0 bridgehead atoms. The molecule has 0 aromatic carbocycles. The van der Waals surface area contributed by atoms with Gasteiger partial charge in [-0.25, -0.2) is 9.78 Å². The van der Waals surface area contributed by atoms with Gasteiger partial charge in [0, 0.05) is 24.7 Å². The van der Waals surface area contributed by atoms with Crippen LogP contribution in [-0.2, 0) is 35.2 Å². The molecule has 0 radical (unpaired) electrons. The lowest BCUT2D eigenvalue weighted by Gasteiger charge is -2.22. The Balaban J connectivity index is 2.75. The third-order valence-corrected chi connectivity index (χ3v) is 4.42. The number of nitrogens with zero attached hydrogens (tertiary/aromatic N) is 1. The number of hydrogen-bond acceptors (Lipinski definition) is 8. The number of carbonyl (C=O) groups is 6. The third-order valence-electron chi connectivity index (χ3n) is 4.42. The van der Waals surface area contributed by atoms with E-state index in [-0.39, 0.29) is 19.3 Å². The molecule has 0 spiro atoms. The van der Waals surface area contributed by atoms with Crippen LogP contribution in [0.5, 0.6) is 0 Å². The zero-order valence-corrected chi connectivity index (χ0v) is 17.9. The van der Waals surface area contributed by atoms with Crippen LogP contribution in [0.4, 0.5) is 0 Å². The van der Waals surface area contributed by atoms with Crippen LogP contribution in [0.25, 0.3) is 0 Å². The molecule has 5 amide bonds. The average molecular weight is 468 g/mol. The Kier molecular flexibility index (Phi) is 10.4. The monoisotopic (exact) mass is 468 g/mol. The van der Waals surface area contributed by atoms with E-state index >= 15 is 0 Å². The fourth-order valence-electron chi connectivity index (χ4n) is 2.61. The van der Waals surface area contributed by atoms with E-state index in [1.165, 1.54) is 19.4 Å². The second kappa shape index (κ2) is 12.7. The summed E-state index contributed by atoms with van der Waals surface area (Å²) < 4.78 is 0. The van der Waals surface area contributed by atoms with Crippen LogP contribution in [0.1, 0.15) is 31.9 Å². The Morgan fingerprint density at radius 2 is 1.64 bits per heavy atom. The second-order valence-electron chi connectivity index (χ2n) is 7.25. The summed E-state index contributed by atoms with van der Waals surface area (Å²) in [4.78, 5) is 77.2. The van der Waals surface area contributed by atoms with Gasteiger partial charge in [-0.15, -0.1) is 0 Å². The quantitative estimate of drug-likeness (QED) is 0.132. The number of aromatic nitrogens is 2. The Morgan fingerprint density at radius 3 is 2.15 bits per heavy atom. The van der Waals surface area contributed by atoms with Gasteiger partial charge < -0.3 is 43.2 Å². The fraction of sp³-hybridized carbons (Fsp3) is 0.500. The van der Waals surface area contributed by atoms with Gasteiger partial charge in [-0.1, -0.05) is 0 Å². The molecule has 0 aliphatic carbocycles. The molecule has 1 aromatic rings. The summed E-state index contributed by atoms with van der Waals surface area (Å²) in [6.07, 6.45) is 1.83. The summed E-state index contributed by atoms with van der Waals surface area (Å²) >= 11 is 0. The minimum atomic E-state index is -1.45. The number of rotatable bonds is 14. The van der Waals surface area contributed by atoms with Crippen molar-refractivity contribution in [3.63, 3.8) is 0 Å². The van der Waals surface area contributed by atoms with Gasteiger partial charge in [0.05, 0.1) is 18.8 Å². The van der Waals surface area contributed by atoms with E-state index in [1.807, 2.05) is 0 Å². The maximum absolute atomic E-state index is 12.5. The maximum atomic E-state index is 12.5. The molecule has 4 unspecified atom stereocenters. The highest BCUT2D eigenvalue weighted by molar-refractivity contribution is 5.96. The number of nitrogens with two attached hydrogens (primary N) is 3. The SMILES string of the molecule is CC(NC(=O)C(CC(N)=O)NC(=O)C(N)CCC(N)=O)C(=O)NC(Cc1cnc[nH]1)C(=O)O. The van der Waals surface area contributed by atoms with E-state index in [1.54, 1.807) is 0 Å². The molecule has 1 heterocycles. The molecule has 1 rings (SSSR count). The van der Waals surface area contributed by atoms with Crippen molar-refractivity contribution in [2.45, 2.75) is 56.8 Å². The van der Waals surface area contributed by atoms with Crippen molar-refractivity contribution in [3.05, 3.63) is 18.2 Å². The molecule has 0 aliphatic rings. The number of H-pyrrole nitrogens is 1. The molecule has 0 saturated heterocycles. The van der Waals surface area contributed by atoms with Gasteiger partial charge in [0.15, 0.2) is 0 Å². The Labute approximate surface area is 188 Å². The zero-order chi connectivity index (χ0) is 25.1. The zero-order valence-electron chi connectivity index (χ0n) is 17.9. The van der Waals surface area contributed by atoms with Crippen molar-refractivity contribution >= 4 is 35.5 Å². The van der Waals surface area contributed by atoms with Crippen LogP contribution in [0.2, 0.25) is 0 Å². The van der Waals surface area contributed by atoms with E-state index in [4.69, 9.17) is 17.2 Å². The van der Waals surface area contributed by atoms with E-state index in [0.29, 0.717) is 5.69 Å². The van der Waals surface area contributed by atoms with Crippen molar-refractivity contribution in [1.29, 1.82) is 0 Å². The van der Waals surface area contributed by atoms with Gasteiger partial charge in [0.25, 0.3) is 0 Å². The first-order chi connectivity index (χ1) is 15.4. The minimum Gasteiger partial charge on any atom is -0.480 e. The van der Waals surface area contributed by atoms with Gasteiger partial charge in [0.2, 0.25) is 29.5 Å². The molecule has 182 valence electrons. The standard InChI is InChI=1S/C18H28N8O7/c1-8(15(29)26-12(18(32)33)4-9-6-22-7-23-9)24-17(31)11(5-14(21)28)25-16(30)10(19)2-3-13(20)27/h6-8,10-12H,2-5,19H2,1H3,(H2,20,27)(H2,21,28)(H,22,23)(H,24,31)(H,25,30)(H,26,29)(H,32,33). The number of nitrogens with one attached hydrogen (secondary N) is 4. The topological polar surface area (TPSA) is 265 Å². The first-order valence-electron chi connectivity index (χ1n) is 9.84. The minimum absolute atomic E-state index is 0.0781. The normalized spacial score (nSPS) is 14.2.